The molecule has 0 fully saturated rings. The zero-order chi connectivity index (χ0) is 14.3. The SMILES string of the molecule is CC(C)CP(CCP(CC(C)C)C(C)C)C(C)C. The average Bonchev–Trinajstić information content (AvgIpc) is 2.20. The zero-order valence-electron chi connectivity index (χ0n) is 14.0. The van der Waals surface area contributed by atoms with E-state index >= 15 is 0 Å². The van der Waals surface area contributed by atoms with Gasteiger partial charge in [-0.15, -0.1) is 15.8 Å². The van der Waals surface area contributed by atoms with E-state index in [1.165, 1.54) is 24.6 Å². The lowest BCUT2D eigenvalue weighted by Gasteiger charge is -2.29. The summed E-state index contributed by atoms with van der Waals surface area (Å²) in [6, 6.07) is 0. The van der Waals surface area contributed by atoms with Crippen molar-refractivity contribution in [3.63, 3.8) is 0 Å². The highest BCUT2D eigenvalue weighted by molar-refractivity contribution is 7.62. The maximum absolute atomic E-state index is 2.44. The molecule has 0 aliphatic rings. The van der Waals surface area contributed by atoms with E-state index in [-0.39, 0.29) is 15.8 Å². The first kappa shape index (κ1) is 18.9. The van der Waals surface area contributed by atoms with Crippen molar-refractivity contribution in [2.24, 2.45) is 11.8 Å². The minimum absolute atomic E-state index is 0.275. The minimum atomic E-state index is 0.275. The Hall–Kier alpha value is 0.860. The summed E-state index contributed by atoms with van der Waals surface area (Å²) in [5.41, 5.74) is 1.84. The van der Waals surface area contributed by atoms with Crippen molar-refractivity contribution in [1.82, 2.24) is 0 Å². The Morgan fingerprint density at radius 1 is 0.556 bits per heavy atom. The van der Waals surface area contributed by atoms with Gasteiger partial charge in [0.1, 0.15) is 0 Å². The molecule has 0 saturated heterocycles. The third-order valence-electron chi connectivity index (χ3n) is 3.33. The van der Waals surface area contributed by atoms with Crippen LogP contribution in [-0.2, 0) is 0 Å². The summed E-state index contributed by atoms with van der Waals surface area (Å²) in [6.07, 6.45) is 6.02. The van der Waals surface area contributed by atoms with Crippen LogP contribution in [-0.4, -0.2) is 36.0 Å². The van der Waals surface area contributed by atoms with Gasteiger partial charge in [-0.3, -0.25) is 0 Å². The van der Waals surface area contributed by atoms with E-state index in [1.807, 2.05) is 0 Å². The summed E-state index contributed by atoms with van der Waals surface area (Å²) in [4.78, 5) is 0. The Labute approximate surface area is 119 Å². The summed E-state index contributed by atoms with van der Waals surface area (Å²) < 4.78 is 0. The average molecular weight is 290 g/mol. The molecule has 0 bridgehead atoms. The van der Waals surface area contributed by atoms with Gasteiger partial charge in [-0.25, -0.2) is 0 Å². The number of rotatable bonds is 9. The highest BCUT2D eigenvalue weighted by Crippen LogP contribution is 2.49. The van der Waals surface area contributed by atoms with Crippen LogP contribution >= 0.6 is 15.8 Å². The third-order valence-corrected chi connectivity index (χ3v) is 10.6. The highest BCUT2D eigenvalue weighted by atomic mass is 31.1. The molecule has 18 heavy (non-hydrogen) atoms. The lowest BCUT2D eigenvalue weighted by atomic mass is 10.3. The van der Waals surface area contributed by atoms with E-state index in [0.29, 0.717) is 0 Å². The fourth-order valence-corrected chi connectivity index (χ4v) is 8.49. The van der Waals surface area contributed by atoms with Crippen LogP contribution in [0.25, 0.3) is 0 Å². The minimum Gasteiger partial charge on any atom is -0.103 e. The van der Waals surface area contributed by atoms with E-state index in [9.17, 15) is 0 Å². The first-order chi connectivity index (χ1) is 8.23. The fourth-order valence-electron chi connectivity index (χ4n) is 2.32. The monoisotopic (exact) mass is 290 g/mol. The Morgan fingerprint density at radius 3 is 1.00 bits per heavy atom. The van der Waals surface area contributed by atoms with Gasteiger partial charge in [-0.2, -0.15) is 0 Å². The van der Waals surface area contributed by atoms with Crippen LogP contribution in [0.2, 0.25) is 0 Å². The van der Waals surface area contributed by atoms with Crippen LogP contribution in [0.1, 0.15) is 55.4 Å². The molecular weight excluding hydrogens is 254 g/mol. The van der Waals surface area contributed by atoms with Gasteiger partial charge in [0.05, 0.1) is 0 Å². The third kappa shape index (κ3) is 8.87. The predicted octanol–water partition coefficient (Wildman–Crippen LogP) is 6.08. The van der Waals surface area contributed by atoms with Crippen molar-refractivity contribution in [3.8, 4) is 0 Å². The second-order valence-corrected chi connectivity index (χ2v) is 13.0. The van der Waals surface area contributed by atoms with Crippen molar-refractivity contribution >= 4 is 15.8 Å². The summed E-state index contributed by atoms with van der Waals surface area (Å²) in [7, 11) is 0.550. The molecule has 110 valence electrons. The van der Waals surface area contributed by atoms with Crippen molar-refractivity contribution in [2.75, 3.05) is 24.6 Å². The first-order valence-corrected chi connectivity index (χ1v) is 11.3. The summed E-state index contributed by atoms with van der Waals surface area (Å²) in [5, 5.41) is 0. The molecule has 0 aromatic heterocycles. The predicted molar refractivity (Wildman–Crippen MR) is 93.3 cm³/mol. The maximum Gasteiger partial charge on any atom is -0.0266 e. The van der Waals surface area contributed by atoms with Gasteiger partial charge in [0, 0.05) is 0 Å². The number of hydrogen-bond donors (Lipinski definition) is 0. The van der Waals surface area contributed by atoms with E-state index in [0.717, 1.165) is 23.2 Å². The van der Waals surface area contributed by atoms with Crippen LogP contribution in [0.4, 0.5) is 0 Å². The molecule has 0 aliphatic heterocycles. The molecule has 2 unspecified atom stereocenters. The van der Waals surface area contributed by atoms with E-state index < -0.39 is 0 Å². The summed E-state index contributed by atoms with van der Waals surface area (Å²) >= 11 is 0. The van der Waals surface area contributed by atoms with Gasteiger partial charge in [0.2, 0.25) is 0 Å². The van der Waals surface area contributed by atoms with Crippen LogP contribution in [0.3, 0.4) is 0 Å². The topological polar surface area (TPSA) is 0 Å². The lowest BCUT2D eigenvalue weighted by molar-refractivity contribution is 0.737. The molecule has 0 amide bonds. The van der Waals surface area contributed by atoms with Crippen molar-refractivity contribution in [2.45, 2.75) is 66.7 Å². The molecule has 0 aromatic carbocycles. The van der Waals surface area contributed by atoms with Crippen LogP contribution in [0.15, 0.2) is 0 Å². The van der Waals surface area contributed by atoms with E-state index in [2.05, 4.69) is 55.4 Å². The molecule has 0 radical (unpaired) electrons. The molecule has 2 heteroatoms. The van der Waals surface area contributed by atoms with Gasteiger partial charge in [-0.05, 0) is 47.8 Å². The second kappa shape index (κ2) is 9.72. The first-order valence-electron chi connectivity index (χ1n) is 7.72. The molecule has 0 spiro atoms. The van der Waals surface area contributed by atoms with Gasteiger partial charge >= 0.3 is 0 Å². The van der Waals surface area contributed by atoms with Crippen molar-refractivity contribution < 1.29 is 0 Å². The summed E-state index contributed by atoms with van der Waals surface area (Å²) in [5.74, 6) is 1.77. The quantitative estimate of drug-likeness (QED) is 0.451. The van der Waals surface area contributed by atoms with E-state index in [1.54, 1.807) is 0 Å². The molecule has 0 aromatic rings. The molecular formula is C16H36P2. The Balaban J connectivity index is 4.28. The molecule has 0 rings (SSSR count). The highest BCUT2D eigenvalue weighted by Gasteiger charge is 2.19. The maximum atomic E-state index is 2.44. The Kier molecular flexibility index (Phi) is 10.2. The normalized spacial score (nSPS) is 16.0. The van der Waals surface area contributed by atoms with Crippen LogP contribution < -0.4 is 0 Å². The fraction of sp³-hybridized carbons (Fsp3) is 1.00. The Morgan fingerprint density at radius 2 is 0.833 bits per heavy atom. The summed E-state index contributed by atoms with van der Waals surface area (Å²) in [6.45, 7) is 19.3. The van der Waals surface area contributed by atoms with Crippen LogP contribution in [0, 0.1) is 11.8 Å². The Bertz CT molecular complexity index is 175. The molecule has 2 atom stereocenters. The zero-order valence-corrected chi connectivity index (χ0v) is 15.8. The van der Waals surface area contributed by atoms with Gasteiger partial charge in [0.25, 0.3) is 0 Å². The lowest BCUT2D eigenvalue weighted by Crippen LogP contribution is -2.12. The van der Waals surface area contributed by atoms with E-state index in [4.69, 9.17) is 0 Å². The van der Waals surface area contributed by atoms with Gasteiger partial charge < -0.3 is 0 Å². The molecule has 0 saturated carbocycles. The molecule has 0 N–H and O–H groups in total. The van der Waals surface area contributed by atoms with Crippen molar-refractivity contribution in [1.29, 1.82) is 0 Å². The smallest absolute Gasteiger partial charge is 0.0266 e. The largest absolute Gasteiger partial charge is 0.103 e. The standard InChI is InChI=1S/C16H36P2/c1-13(2)11-17(15(5)6)9-10-18(16(7)8)12-14(3)4/h13-16H,9-12H2,1-8H3. The molecule has 0 nitrogen and oxygen atoms in total. The molecule has 0 aliphatic carbocycles. The number of hydrogen-bond acceptors (Lipinski definition) is 0. The van der Waals surface area contributed by atoms with Gasteiger partial charge in [-0.1, -0.05) is 55.4 Å². The second-order valence-electron chi connectivity index (χ2n) is 6.97. The van der Waals surface area contributed by atoms with Crippen LogP contribution in [0.5, 0.6) is 0 Å². The van der Waals surface area contributed by atoms with Crippen molar-refractivity contribution in [3.05, 3.63) is 0 Å². The molecule has 0 heterocycles. The van der Waals surface area contributed by atoms with Gasteiger partial charge in [0.15, 0.2) is 0 Å².